The average molecular weight is 386 g/mol. The van der Waals surface area contributed by atoms with E-state index in [2.05, 4.69) is 15.6 Å². The van der Waals surface area contributed by atoms with Crippen molar-refractivity contribution >= 4 is 0 Å². The molecule has 0 unspecified atom stereocenters. The van der Waals surface area contributed by atoms with Gasteiger partial charge >= 0.3 is 0 Å². The normalized spacial score (nSPS) is 18.1. The molecule has 6 nitrogen and oxygen atoms in total. The van der Waals surface area contributed by atoms with Gasteiger partial charge in [0.1, 0.15) is 11.5 Å². The number of nitrogens with one attached hydrogen (secondary N) is 1. The van der Waals surface area contributed by atoms with Crippen LogP contribution >= 0.6 is 0 Å². The van der Waals surface area contributed by atoms with Crippen molar-refractivity contribution < 1.29 is 18.3 Å². The van der Waals surface area contributed by atoms with E-state index < -0.39 is 11.6 Å². The summed E-state index contributed by atoms with van der Waals surface area (Å²) in [6.07, 6.45) is 2.71. The second-order valence-electron chi connectivity index (χ2n) is 6.73. The van der Waals surface area contributed by atoms with Crippen molar-refractivity contribution in [1.29, 1.82) is 0 Å². The lowest BCUT2D eigenvalue weighted by Crippen LogP contribution is -2.17. The minimum Gasteiger partial charge on any atom is -0.497 e. The Morgan fingerprint density at radius 3 is 2.50 bits per heavy atom. The van der Waals surface area contributed by atoms with Crippen LogP contribution in [0.5, 0.6) is 11.5 Å². The smallest absolute Gasteiger partial charge is 0.159 e. The number of nitrogens with zero attached hydrogens (tertiary/aromatic N) is 3. The van der Waals surface area contributed by atoms with E-state index in [1.807, 2.05) is 18.3 Å². The molecular formula is C20H20F2N4O2. The number of halogens is 2. The van der Waals surface area contributed by atoms with Crippen molar-refractivity contribution in [2.24, 2.45) is 0 Å². The van der Waals surface area contributed by atoms with Gasteiger partial charge in [0.25, 0.3) is 0 Å². The number of ether oxygens (including phenoxy) is 2. The molecule has 0 saturated heterocycles. The summed E-state index contributed by atoms with van der Waals surface area (Å²) in [6, 6.07) is 9.77. The molecule has 28 heavy (non-hydrogen) atoms. The predicted octanol–water partition coefficient (Wildman–Crippen LogP) is 3.21. The molecular weight excluding hydrogens is 366 g/mol. The SMILES string of the molecule is COc1cc(OC)cc(-n2cc(CN[C@@H]3C[C@H]3c3ccc(F)c(F)c3)nn2)c1. The molecule has 1 heterocycles. The molecule has 1 fully saturated rings. The van der Waals surface area contributed by atoms with E-state index in [1.54, 1.807) is 31.0 Å². The summed E-state index contributed by atoms with van der Waals surface area (Å²) in [4.78, 5) is 0. The number of hydrogen-bond acceptors (Lipinski definition) is 5. The molecule has 1 N–H and O–H groups in total. The Morgan fingerprint density at radius 2 is 1.82 bits per heavy atom. The summed E-state index contributed by atoms with van der Waals surface area (Å²) in [5.41, 5.74) is 2.36. The second kappa shape index (κ2) is 7.55. The van der Waals surface area contributed by atoms with E-state index in [1.165, 1.54) is 12.1 Å². The maximum Gasteiger partial charge on any atom is 0.159 e. The first-order chi connectivity index (χ1) is 13.6. The molecule has 0 amide bonds. The first-order valence-corrected chi connectivity index (χ1v) is 8.90. The van der Waals surface area contributed by atoms with Gasteiger partial charge in [-0.05, 0) is 24.1 Å². The minimum absolute atomic E-state index is 0.188. The molecule has 8 heteroatoms. The highest BCUT2D eigenvalue weighted by Crippen LogP contribution is 2.41. The zero-order chi connectivity index (χ0) is 19.7. The Morgan fingerprint density at radius 1 is 1.07 bits per heavy atom. The molecule has 146 valence electrons. The zero-order valence-electron chi connectivity index (χ0n) is 15.5. The summed E-state index contributed by atoms with van der Waals surface area (Å²) in [5, 5.41) is 11.7. The Labute approximate surface area is 161 Å². The summed E-state index contributed by atoms with van der Waals surface area (Å²) in [5.74, 6) is -0.110. The average Bonchev–Trinajstić information content (AvgIpc) is 3.34. The monoisotopic (exact) mass is 386 g/mol. The van der Waals surface area contributed by atoms with Crippen molar-refractivity contribution in [2.45, 2.75) is 24.9 Å². The second-order valence-corrected chi connectivity index (χ2v) is 6.73. The van der Waals surface area contributed by atoms with Crippen molar-refractivity contribution in [3.8, 4) is 17.2 Å². The van der Waals surface area contributed by atoms with Crippen LogP contribution in [-0.2, 0) is 6.54 Å². The Bertz CT molecular complexity index is 970. The van der Waals surface area contributed by atoms with Gasteiger partial charge in [0.2, 0.25) is 0 Å². The molecule has 2 aromatic carbocycles. The molecule has 2 atom stereocenters. The van der Waals surface area contributed by atoms with Crippen LogP contribution in [-0.4, -0.2) is 35.3 Å². The van der Waals surface area contributed by atoms with E-state index in [-0.39, 0.29) is 12.0 Å². The van der Waals surface area contributed by atoms with Crippen LogP contribution in [0.1, 0.15) is 23.6 Å². The predicted molar refractivity (Wildman–Crippen MR) is 98.8 cm³/mol. The quantitative estimate of drug-likeness (QED) is 0.676. The highest BCUT2D eigenvalue weighted by molar-refractivity contribution is 5.46. The van der Waals surface area contributed by atoms with Crippen LogP contribution in [0.15, 0.2) is 42.6 Å². The van der Waals surface area contributed by atoms with E-state index in [0.717, 1.165) is 23.4 Å². The first-order valence-electron chi connectivity index (χ1n) is 8.90. The van der Waals surface area contributed by atoms with E-state index in [0.29, 0.717) is 18.0 Å². The maximum absolute atomic E-state index is 13.4. The molecule has 1 aliphatic rings. The molecule has 1 aromatic heterocycles. The number of rotatable bonds is 7. The van der Waals surface area contributed by atoms with Crippen LogP contribution in [0, 0.1) is 11.6 Å². The van der Waals surface area contributed by atoms with Crippen molar-refractivity contribution in [2.75, 3.05) is 14.2 Å². The van der Waals surface area contributed by atoms with Crippen molar-refractivity contribution in [1.82, 2.24) is 20.3 Å². The summed E-state index contributed by atoms with van der Waals surface area (Å²) in [7, 11) is 3.18. The highest BCUT2D eigenvalue weighted by atomic mass is 19.2. The van der Waals surface area contributed by atoms with Crippen LogP contribution < -0.4 is 14.8 Å². The minimum atomic E-state index is -0.820. The summed E-state index contributed by atoms with van der Waals surface area (Å²) < 4.78 is 38.7. The number of benzene rings is 2. The van der Waals surface area contributed by atoms with Gasteiger partial charge in [-0.15, -0.1) is 5.10 Å². The van der Waals surface area contributed by atoms with Gasteiger partial charge < -0.3 is 14.8 Å². The largest absolute Gasteiger partial charge is 0.497 e. The Balaban J connectivity index is 1.39. The lowest BCUT2D eigenvalue weighted by atomic mass is 10.1. The first kappa shape index (κ1) is 18.4. The van der Waals surface area contributed by atoms with Crippen molar-refractivity contribution in [3.63, 3.8) is 0 Å². The fourth-order valence-corrected chi connectivity index (χ4v) is 3.20. The molecule has 0 aliphatic heterocycles. The van der Waals surface area contributed by atoms with Gasteiger partial charge in [-0.2, -0.15) is 0 Å². The van der Waals surface area contributed by atoms with E-state index in [9.17, 15) is 8.78 Å². The van der Waals surface area contributed by atoms with Crippen molar-refractivity contribution in [3.05, 3.63) is 65.5 Å². The van der Waals surface area contributed by atoms with Gasteiger partial charge in [0.15, 0.2) is 11.6 Å². The number of hydrogen-bond donors (Lipinski definition) is 1. The van der Waals surface area contributed by atoms with Crippen LogP contribution in [0.4, 0.5) is 8.78 Å². The molecule has 3 aromatic rings. The third-order valence-electron chi connectivity index (χ3n) is 4.85. The van der Waals surface area contributed by atoms with Crippen LogP contribution in [0.3, 0.4) is 0 Å². The molecule has 1 aliphatic carbocycles. The summed E-state index contributed by atoms with van der Waals surface area (Å²) >= 11 is 0. The van der Waals surface area contributed by atoms with Gasteiger partial charge in [-0.1, -0.05) is 11.3 Å². The maximum atomic E-state index is 13.4. The third-order valence-corrected chi connectivity index (χ3v) is 4.85. The fraction of sp³-hybridized carbons (Fsp3) is 0.300. The van der Waals surface area contributed by atoms with Crippen LogP contribution in [0.25, 0.3) is 5.69 Å². The molecule has 1 saturated carbocycles. The van der Waals surface area contributed by atoms with E-state index >= 15 is 0 Å². The Kier molecular flexibility index (Phi) is 4.95. The fourth-order valence-electron chi connectivity index (χ4n) is 3.20. The van der Waals surface area contributed by atoms with Gasteiger partial charge in [-0.3, -0.25) is 0 Å². The summed E-state index contributed by atoms with van der Waals surface area (Å²) in [6.45, 7) is 0.534. The lowest BCUT2D eigenvalue weighted by Gasteiger charge is -2.07. The van der Waals surface area contributed by atoms with Gasteiger partial charge in [0.05, 0.1) is 31.8 Å². The Hall–Kier alpha value is -3.00. The standard InChI is InChI=1S/C20H20F2N4O2/c1-27-15-6-14(7-16(8-15)28-2)26-11-13(24-25-26)10-23-20-9-17(20)12-3-4-18(21)19(22)5-12/h3-8,11,17,20,23H,9-10H2,1-2H3/t17-,20+/m0/s1. The topological polar surface area (TPSA) is 61.2 Å². The molecule has 0 radical (unpaired) electrons. The number of aromatic nitrogens is 3. The lowest BCUT2D eigenvalue weighted by molar-refractivity contribution is 0.394. The van der Waals surface area contributed by atoms with Gasteiger partial charge in [-0.25, -0.2) is 13.5 Å². The molecule has 0 bridgehead atoms. The molecule has 4 rings (SSSR count). The third kappa shape index (κ3) is 3.82. The highest BCUT2D eigenvalue weighted by Gasteiger charge is 2.38. The van der Waals surface area contributed by atoms with E-state index in [4.69, 9.17) is 9.47 Å². The van der Waals surface area contributed by atoms with Crippen LogP contribution in [0.2, 0.25) is 0 Å². The number of methoxy groups -OCH3 is 2. The molecule has 0 spiro atoms. The van der Waals surface area contributed by atoms with Gasteiger partial charge in [0, 0.05) is 36.7 Å². The zero-order valence-corrected chi connectivity index (χ0v) is 15.5.